The van der Waals surface area contributed by atoms with Crippen molar-refractivity contribution in [3.63, 3.8) is 0 Å². The van der Waals surface area contributed by atoms with Gasteiger partial charge in [-0.3, -0.25) is 5.10 Å². The maximum atomic E-state index is 5.62. The van der Waals surface area contributed by atoms with Gasteiger partial charge < -0.3 is 4.74 Å². The fourth-order valence-corrected chi connectivity index (χ4v) is 1.48. The summed E-state index contributed by atoms with van der Waals surface area (Å²) in [5.74, 6) is 2.03. The van der Waals surface area contributed by atoms with Gasteiger partial charge in [0.15, 0.2) is 11.9 Å². The molecule has 0 saturated heterocycles. The highest BCUT2D eigenvalue weighted by Crippen LogP contribution is 2.16. The van der Waals surface area contributed by atoms with Crippen LogP contribution in [0.5, 0.6) is 0 Å². The van der Waals surface area contributed by atoms with Crippen LogP contribution >= 0.6 is 0 Å². The van der Waals surface area contributed by atoms with Crippen LogP contribution in [0.1, 0.15) is 44.9 Å². The van der Waals surface area contributed by atoms with E-state index in [0.717, 1.165) is 12.2 Å². The lowest BCUT2D eigenvalue weighted by Gasteiger charge is -2.10. The van der Waals surface area contributed by atoms with Gasteiger partial charge in [0.25, 0.3) is 0 Å². The summed E-state index contributed by atoms with van der Waals surface area (Å²) in [6.07, 6.45) is 6.81. The minimum Gasteiger partial charge on any atom is -0.483 e. The van der Waals surface area contributed by atoms with Crippen molar-refractivity contribution >= 4 is 0 Å². The second-order valence-corrected chi connectivity index (χ2v) is 4.20. The van der Waals surface area contributed by atoms with E-state index in [-0.39, 0.29) is 6.10 Å². The first-order valence-electron chi connectivity index (χ1n) is 6.12. The quantitative estimate of drug-likeness (QED) is 0.617. The van der Waals surface area contributed by atoms with Crippen molar-refractivity contribution in [3.8, 4) is 0 Å². The van der Waals surface area contributed by atoms with E-state index < -0.39 is 0 Å². The van der Waals surface area contributed by atoms with Crippen LogP contribution in [-0.2, 0) is 4.74 Å². The van der Waals surface area contributed by atoms with Gasteiger partial charge >= 0.3 is 0 Å². The predicted octanol–water partition coefficient (Wildman–Crippen LogP) is 3.62. The molecule has 4 nitrogen and oxygen atoms in total. The summed E-state index contributed by atoms with van der Waals surface area (Å²) in [4.78, 5) is 4.22. The molecule has 0 spiro atoms. The van der Waals surface area contributed by atoms with E-state index >= 15 is 0 Å². The summed E-state index contributed by atoms with van der Waals surface area (Å²) in [6.45, 7) is 11.8. The first kappa shape index (κ1) is 14.2. The molecule has 1 aromatic rings. The average Bonchev–Trinajstić information content (AvgIpc) is 2.74. The number of aryl methyl sites for hydroxylation is 1. The molecule has 1 heterocycles. The van der Waals surface area contributed by atoms with E-state index in [9.17, 15) is 0 Å². The van der Waals surface area contributed by atoms with Crippen LogP contribution in [0, 0.1) is 6.92 Å². The Balaban J connectivity index is 2.52. The Hall–Kier alpha value is -1.84. The van der Waals surface area contributed by atoms with Crippen molar-refractivity contribution in [2.45, 2.75) is 40.2 Å². The van der Waals surface area contributed by atoms with Gasteiger partial charge in [-0.1, -0.05) is 31.2 Å². The number of ether oxygens (including phenoxy) is 1. The maximum Gasteiger partial charge on any atom is 0.191 e. The first-order chi connectivity index (χ1) is 8.52. The molecule has 0 aliphatic rings. The number of hydrogen-bond donors (Lipinski definition) is 1. The van der Waals surface area contributed by atoms with Crippen LogP contribution in [0.25, 0.3) is 0 Å². The Labute approximate surface area is 108 Å². The number of aromatic amines is 1. The topological polar surface area (TPSA) is 50.8 Å². The zero-order chi connectivity index (χ0) is 13.5. The van der Waals surface area contributed by atoms with Crippen LogP contribution in [0.4, 0.5) is 0 Å². The number of H-pyrrole nitrogens is 1. The second kappa shape index (κ2) is 6.79. The Morgan fingerprint density at radius 3 is 2.78 bits per heavy atom. The van der Waals surface area contributed by atoms with Crippen molar-refractivity contribution in [1.29, 1.82) is 0 Å². The fourth-order valence-electron chi connectivity index (χ4n) is 1.48. The monoisotopic (exact) mass is 247 g/mol. The highest BCUT2D eigenvalue weighted by Gasteiger charge is 2.11. The van der Waals surface area contributed by atoms with E-state index in [0.29, 0.717) is 11.6 Å². The van der Waals surface area contributed by atoms with Gasteiger partial charge in [-0.25, -0.2) is 4.98 Å². The molecule has 0 aliphatic carbocycles. The molecule has 0 aliphatic heterocycles. The van der Waals surface area contributed by atoms with E-state index in [2.05, 4.69) is 41.7 Å². The predicted molar refractivity (Wildman–Crippen MR) is 72.9 cm³/mol. The first-order valence-corrected chi connectivity index (χ1v) is 6.12. The number of aromatic nitrogens is 3. The van der Waals surface area contributed by atoms with Gasteiger partial charge in [0.05, 0.1) is 0 Å². The zero-order valence-electron chi connectivity index (χ0n) is 11.5. The highest BCUT2D eigenvalue weighted by molar-refractivity contribution is 5.22. The van der Waals surface area contributed by atoms with Gasteiger partial charge in [-0.2, -0.15) is 5.10 Å². The molecule has 4 heteroatoms. The molecule has 1 rings (SSSR count). The minimum atomic E-state index is -0.206. The molecule has 0 radical (unpaired) electrons. The van der Waals surface area contributed by atoms with E-state index in [4.69, 9.17) is 4.74 Å². The molecule has 0 amide bonds. The largest absolute Gasteiger partial charge is 0.483 e. The normalized spacial score (nSPS) is 13.9. The van der Waals surface area contributed by atoms with Crippen LogP contribution in [-0.4, -0.2) is 15.2 Å². The van der Waals surface area contributed by atoms with Crippen molar-refractivity contribution in [1.82, 2.24) is 15.2 Å². The third kappa shape index (κ3) is 4.57. The van der Waals surface area contributed by atoms with E-state index in [1.165, 1.54) is 5.57 Å². The molecule has 18 heavy (non-hydrogen) atoms. The van der Waals surface area contributed by atoms with Crippen LogP contribution in [0.3, 0.4) is 0 Å². The molecule has 0 fully saturated rings. The Morgan fingerprint density at radius 2 is 2.22 bits per heavy atom. The number of hydrogen-bond acceptors (Lipinski definition) is 3. The van der Waals surface area contributed by atoms with Gasteiger partial charge in [0.1, 0.15) is 11.6 Å². The summed E-state index contributed by atoms with van der Waals surface area (Å²) in [5.41, 5.74) is 1.20. The molecule has 0 saturated carbocycles. The molecule has 0 aromatic carbocycles. The highest BCUT2D eigenvalue weighted by atomic mass is 16.5. The number of nitrogens with zero attached hydrogens (tertiary/aromatic N) is 2. The van der Waals surface area contributed by atoms with Crippen molar-refractivity contribution in [2.75, 3.05) is 0 Å². The number of rotatable bonds is 6. The summed E-state index contributed by atoms with van der Waals surface area (Å²) < 4.78 is 5.62. The number of allylic oxidation sites excluding steroid dienone is 4. The lowest BCUT2D eigenvalue weighted by atomic mass is 10.2. The Kier molecular flexibility index (Phi) is 5.36. The number of nitrogens with one attached hydrogen (secondary N) is 1. The average molecular weight is 247 g/mol. The summed E-state index contributed by atoms with van der Waals surface area (Å²) in [6, 6.07) is 0. The van der Waals surface area contributed by atoms with Crippen molar-refractivity contribution in [3.05, 3.63) is 47.8 Å². The molecule has 1 atom stereocenters. The molecular formula is C14H21N3O. The Bertz CT molecular complexity index is 457. The maximum absolute atomic E-state index is 5.62. The molecule has 1 unspecified atom stereocenters. The minimum absolute atomic E-state index is 0.206. The van der Waals surface area contributed by atoms with Gasteiger partial charge in [0, 0.05) is 0 Å². The van der Waals surface area contributed by atoms with Crippen molar-refractivity contribution in [2.24, 2.45) is 0 Å². The van der Waals surface area contributed by atoms with Crippen LogP contribution in [0.15, 0.2) is 36.1 Å². The third-order valence-electron chi connectivity index (χ3n) is 2.36. The molecule has 0 bridgehead atoms. The second-order valence-electron chi connectivity index (χ2n) is 4.20. The standard InChI is InChI=1S/C14H21N3O/c1-6-7-10(2)8-9-11(3)18-12(4)14-15-13(5)16-17-14/h7-9,12H,3,6H2,1-2,4-5H3,(H,15,16,17)/b9-8-,10-7-. The lowest BCUT2D eigenvalue weighted by molar-refractivity contribution is 0.136. The molecule has 98 valence electrons. The summed E-state index contributed by atoms with van der Waals surface area (Å²) in [7, 11) is 0. The molecule has 1 aromatic heterocycles. The fraction of sp³-hybridized carbons (Fsp3) is 0.429. The van der Waals surface area contributed by atoms with Gasteiger partial charge in [-0.05, 0) is 33.3 Å². The SMILES string of the molecule is C=C(/C=C\C(C)=C/CC)OC(C)c1n[nH]c(C)n1. The van der Waals surface area contributed by atoms with Crippen LogP contribution in [0.2, 0.25) is 0 Å². The lowest BCUT2D eigenvalue weighted by Crippen LogP contribution is -2.00. The van der Waals surface area contributed by atoms with Gasteiger partial charge in [-0.15, -0.1) is 0 Å². The molecule has 1 N–H and O–H groups in total. The van der Waals surface area contributed by atoms with E-state index in [1.54, 1.807) is 0 Å². The van der Waals surface area contributed by atoms with E-state index in [1.807, 2.05) is 26.0 Å². The van der Waals surface area contributed by atoms with Gasteiger partial charge in [0.2, 0.25) is 0 Å². The molecular weight excluding hydrogens is 226 g/mol. The van der Waals surface area contributed by atoms with Crippen LogP contribution < -0.4 is 0 Å². The smallest absolute Gasteiger partial charge is 0.191 e. The van der Waals surface area contributed by atoms with Crippen molar-refractivity contribution < 1.29 is 4.74 Å². The Morgan fingerprint density at radius 1 is 1.50 bits per heavy atom. The summed E-state index contributed by atoms with van der Waals surface area (Å²) in [5, 5.41) is 6.85. The zero-order valence-corrected chi connectivity index (χ0v) is 11.5. The third-order valence-corrected chi connectivity index (χ3v) is 2.36. The summed E-state index contributed by atoms with van der Waals surface area (Å²) >= 11 is 0.